The zero-order valence-corrected chi connectivity index (χ0v) is 13.7. The summed E-state index contributed by atoms with van der Waals surface area (Å²) in [5.41, 5.74) is 0.540. The lowest BCUT2D eigenvalue weighted by Crippen LogP contribution is -2.18. The Morgan fingerprint density at radius 2 is 1.72 bits per heavy atom. The molecule has 1 amide bonds. The molecule has 0 radical (unpaired) electrons. The van der Waals surface area contributed by atoms with Gasteiger partial charge in [-0.15, -0.1) is 0 Å². The lowest BCUT2D eigenvalue weighted by atomic mass is 10.1. The molecule has 9 heteroatoms. The van der Waals surface area contributed by atoms with Crippen LogP contribution >= 0.6 is 0 Å². The van der Waals surface area contributed by atoms with Crippen LogP contribution in [0, 0.1) is 0 Å². The van der Waals surface area contributed by atoms with Gasteiger partial charge in [-0.1, -0.05) is 18.2 Å². The van der Waals surface area contributed by atoms with Crippen LogP contribution in [0.4, 0.5) is 5.69 Å². The first-order valence-electron chi connectivity index (χ1n) is 7.23. The predicted octanol–water partition coefficient (Wildman–Crippen LogP) is 0.752. The van der Waals surface area contributed by atoms with Crippen molar-refractivity contribution in [2.75, 3.05) is 5.32 Å². The first kappa shape index (κ1) is 16.8. The topological polar surface area (TPSA) is 135 Å². The smallest absolute Gasteiger partial charge is 0.272 e. The first-order valence-corrected chi connectivity index (χ1v) is 8.78. The van der Waals surface area contributed by atoms with Crippen LogP contribution in [0.5, 0.6) is 0 Å². The van der Waals surface area contributed by atoms with Crippen molar-refractivity contribution < 1.29 is 13.2 Å². The third kappa shape index (κ3) is 3.73. The number of primary sulfonamides is 1. The Morgan fingerprint density at radius 1 is 1.08 bits per heavy atom. The predicted molar refractivity (Wildman–Crippen MR) is 92.5 cm³/mol. The highest BCUT2D eigenvalue weighted by atomic mass is 32.2. The van der Waals surface area contributed by atoms with Crippen LogP contribution in [0.2, 0.25) is 0 Å². The summed E-state index contributed by atoms with van der Waals surface area (Å²) in [6, 6.07) is 12.4. The number of sulfonamides is 1. The van der Waals surface area contributed by atoms with Crippen molar-refractivity contribution >= 4 is 32.4 Å². The maximum Gasteiger partial charge on any atom is 0.272 e. The number of hydrogen-bond donors (Lipinski definition) is 3. The second kappa shape index (κ2) is 6.46. The third-order valence-corrected chi connectivity index (χ3v) is 4.50. The van der Waals surface area contributed by atoms with Crippen molar-refractivity contribution in [2.45, 2.75) is 11.3 Å². The molecule has 4 N–H and O–H groups in total. The van der Waals surface area contributed by atoms with Gasteiger partial charge in [0, 0.05) is 11.1 Å². The quantitative estimate of drug-likeness (QED) is 0.632. The number of aromatic amines is 1. The van der Waals surface area contributed by atoms with E-state index >= 15 is 0 Å². The molecule has 0 bridgehead atoms. The maximum absolute atomic E-state index is 12.2. The van der Waals surface area contributed by atoms with E-state index in [9.17, 15) is 18.0 Å². The molecule has 3 aromatic rings. The number of amides is 1. The summed E-state index contributed by atoms with van der Waals surface area (Å²) in [6.07, 6.45) is -0.0474. The molecule has 0 saturated heterocycles. The molecule has 1 heterocycles. The molecular weight excluding hydrogens is 344 g/mol. The molecule has 1 aromatic heterocycles. The molecule has 0 fully saturated rings. The van der Waals surface area contributed by atoms with Crippen molar-refractivity contribution in [3.8, 4) is 0 Å². The Morgan fingerprint density at radius 3 is 2.36 bits per heavy atom. The zero-order valence-electron chi connectivity index (χ0n) is 12.9. The molecule has 0 saturated carbocycles. The van der Waals surface area contributed by atoms with E-state index in [2.05, 4.69) is 15.5 Å². The van der Waals surface area contributed by atoms with Crippen LogP contribution in [-0.4, -0.2) is 24.5 Å². The average molecular weight is 358 g/mol. The van der Waals surface area contributed by atoms with Gasteiger partial charge in [-0.05, 0) is 30.3 Å². The number of nitrogens with one attached hydrogen (secondary N) is 2. The van der Waals surface area contributed by atoms with E-state index in [0.29, 0.717) is 22.2 Å². The Kier molecular flexibility index (Phi) is 4.34. The van der Waals surface area contributed by atoms with E-state index in [0.717, 1.165) is 0 Å². The number of H-pyrrole nitrogens is 1. The van der Waals surface area contributed by atoms with E-state index in [-0.39, 0.29) is 22.8 Å². The lowest BCUT2D eigenvalue weighted by molar-refractivity contribution is -0.115. The summed E-state index contributed by atoms with van der Waals surface area (Å²) in [7, 11) is -3.78. The van der Waals surface area contributed by atoms with Gasteiger partial charge in [0.25, 0.3) is 5.56 Å². The molecule has 0 atom stereocenters. The molecule has 3 rings (SSSR count). The standard InChI is InChI=1S/C16H14N4O4S/c17-25(23,24)11-7-5-10(6-8-11)18-15(21)9-14-12-3-1-2-4-13(12)16(22)20-19-14/h1-8H,9H2,(H,18,21)(H,20,22)(H2,17,23,24). The summed E-state index contributed by atoms with van der Waals surface area (Å²) in [5.74, 6) is -0.354. The van der Waals surface area contributed by atoms with Crippen molar-refractivity contribution in [3.05, 3.63) is 64.6 Å². The van der Waals surface area contributed by atoms with Gasteiger partial charge in [0.1, 0.15) is 0 Å². The maximum atomic E-state index is 12.2. The number of benzene rings is 2. The minimum Gasteiger partial charge on any atom is -0.326 e. The van der Waals surface area contributed by atoms with Crippen LogP contribution in [0.1, 0.15) is 5.69 Å². The minimum absolute atomic E-state index is 0.0428. The average Bonchev–Trinajstić information content (AvgIpc) is 2.57. The number of hydrogen-bond acceptors (Lipinski definition) is 5. The highest BCUT2D eigenvalue weighted by Gasteiger charge is 2.12. The van der Waals surface area contributed by atoms with Gasteiger partial charge >= 0.3 is 0 Å². The second-order valence-corrected chi connectivity index (χ2v) is 6.90. The van der Waals surface area contributed by atoms with Gasteiger partial charge in [0.15, 0.2) is 0 Å². The number of carbonyl (C=O) groups excluding carboxylic acids is 1. The molecule has 128 valence electrons. The Bertz CT molecular complexity index is 1100. The molecule has 0 spiro atoms. The summed E-state index contributed by atoms with van der Waals surface area (Å²) < 4.78 is 22.4. The van der Waals surface area contributed by atoms with Gasteiger partial charge in [0.05, 0.1) is 22.4 Å². The summed E-state index contributed by atoms with van der Waals surface area (Å²) in [6.45, 7) is 0. The van der Waals surface area contributed by atoms with Crippen molar-refractivity contribution in [1.82, 2.24) is 10.2 Å². The van der Waals surface area contributed by atoms with Crippen molar-refractivity contribution in [3.63, 3.8) is 0 Å². The highest BCUT2D eigenvalue weighted by molar-refractivity contribution is 7.89. The van der Waals surface area contributed by atoms with Crippen LogP contribution in [0.25, 0.3) is 10.8 Å². The van der Waals surface area contributed by atoms with Gasteiger partial charge in [-0.2, -0.15) is 5.10 Å². The Balaban J connectivity index is 1.80. The first-order chi connectivity index (χ1) is 11.8. The second-order valence-electron chi connectivity index (χ2n) is 5.34. The van der Waals surface area contributed by atoms with E-state index in [1.807, 2.05) is 0 Å². The Hall–Kier alpha value is -3.04. The normalized spacial score (nSPS) is 11.4. The highest BCUT2D eigenvalue weighted by Crippen LogP contribution is 2.15. The van der Waals surface area contributed by atoms with Crippen molar-refractivity contribution in [1.29, 1.82) is 0 Å². The van der Waals surface area contributed by atoms with Gasteiger partial charge in [-0.3, -0.25) is 9.59 Å². The van der Waals surface area contributed by atoms with Gasteiger partial charge in [0.2, 0.25) is 15.9 Å². The molecule has 0 unspecified atom stereocenters. The summed E-state index contributed by atoms with van der Waals surface area (Å²) in [5, 5.41) is 15.0. The molecule has 25 heavy (non-hydrogen) atoms. The van der Waals surface area contributed by atoms with Gasteiger partial charge in [-0.25, -0.2) is 18.7 Å². The van der Waals surface area contributed by atoms with Gasteiger partial charge < -0.3 is 5.32 Å². The molecule has 0 aliphatic heterocycles. The molecule has 0 aliphatic carbocycles. The van der Waals surface area contributed by atoms with E-state index in [1.165, 1.54) is 24.3 Å². The molecule has 8 nitrogen and oxygen atoms in total. The monoisotopic (exact) mass is 358 g/mol. The minimum atomic E-state index is -3.78. The number of fused-ring (bicyclic) bond motifs is 1. The largest absolute Gasteiger partial charge is 0.326 e. The number of nitrogens with zero attached hydrogens (tertiary/aromatic N) is 1. The number of carbonyl (C=O) groups is 1. The summed E-state index contributed by atoms with van der Waals surface area (Å²) in [4.78, 5) is 23.9. The van der Waals surface area contributed by atoms with Crippen LogP contribution in [0.3, 0.4) is 0 Å². The van der Waals surface area contributed by atoms with Crippen molar-refractivity contribution in [2.24, 2.45) is 5.14 Å². The van der Waals surface area contributed by atoms with E-state index < -0.39 is 10.0 Å². The Labute approximate surface area is 142 Å². The molecule has 0 aliphatic rings. The SMILES string of the molecule is NS(=O)(=O)c1ccc(NC(=O)Cc2n[nH]c(=O)c3ccccc23)cc1. The number of rotatable bonds is 4. The van der Waals surface area contributed by atoms with Crippen LogP contribution < -0.4 is 16.0 Å². The number of anilines is 1. The van der Waals surface area contributed by atoms with E-state index in [4.69, 9.17) is 5.14 Å². The van der Waals surface area contributed by atoms with Crippen LogP contribution in [-0.2, 0) is 21.2 Å². The zero-order chi connectivity index (χ0) is 18.0. The number of aromatic nitrogens is 2. The third-order valence-electron chi connectivity index (χ3n) is 3.57. The number of nitrogens with two attached hydrogens (primary N) is 1. The fourth-order valence-corrected chi connectivity index (χ4v) is 2.91. The molecular formula is C16H14N4O4S. The fourth-order valence-electron chi connectivity index (χ4n) is 2.39. The van der Waals surface area contributed by atoms with Crippen LogP contribution in [0.15, 0.2) is 58.2 Å². The molecule has 2 aromatic carbocycles. The van der Waals surface area contributed by atoms with E-state index in [1.54, 1.807) is 24.3 Å². The fraction of sp³-hybridized carbons (Fsp3) is 0.0625. The lowest BCUT2D eigenvalue weighted by Gasteiger charge is -2.07. The summed E-state index contributed by atoms with van der Waals surface area (Å²) >= 11 is 0.